The molecule has 2 nitrogen and oxygen atoms in total. The molecule has 0 aliphatic carbocycles. The summed E-state index contributed by atoms with van der Waals surface area (Å²) < 4.78 is 1.05. The molecule has 0 saturated heterocycles. The Hall–Kier alpha value is -1.26. The van der Waals surface area contributed by atoms with Crippen molar-refractivity contribution in [3.63, 3.8) is 0 Å². The Morgan fingerprint density at radius 1 is 1.00 bits per heavy atom. The minimum atomic E-state index is 0.0620. The molecule has 1 aromatic carbocycles. The zero-order chi connectivity index (χ0) is 11.5. The molecular weight excluding hydrogens is 288 g/mol. The lowest BCUT2D eigenvalue weighted by Gasteiger charge is -1.97. The summed E-state index contributed by atoms with van der Waals surface area (Å²) in [6.07, 6.45) is 3.78. The lowest BCUT2D eigenvalue weighted by Crippen LogP contribution is -1.72. The number of hydrogen-bond acceptors (Lipinski definition) is 3. The summed E-state index contributed by atoms with van der Waals surface area (Å²) >= 11 is 5.00. The maximum absolute atomic E-state index is 9.30. The van der Waals surface area contributed by atoms with E-state index in [1.54, 1.807) is 23.5 Å². The Morgan fingerprint density at radius 2 is 1.69 bits per heavy atom. The highest BCUT2D eigenvalue weighted by Gasteiger charge is 1.96. The average molecular weight is 297 g/mol. The Balaban J connectivity index is 2.23. The van der Waals surface area contributed by atoms with Gasteiger partial charge in [0, 0.05) is 20.8 Å². The fourth-order valence-electron chi connectivity index (χ4n) is 1.31. The van der Waals surface area contributed by atoms with Crippen LogP contribution in [0.1, 0.15) is 10.4 Å². The number of rotatable bonds is 2. The van der Waals surface area contributed by atoms with E-state index in [-0.39, 0.29) is 11.5 Å². The first-order valence-corrected chi connectivity index (χ1v) is 6.26. The lowest BCUT2D eigenvalue weighted by atomic mass is 10.2. The summed E-state index contributed by atoms with van der Waals surface area (Å²) in [7, 11) is 0. The minimum Gasteiger partial charge on any atom is -0.508 e. The number of hydrogen-bond donors (Lipinski definition) is 2. The second-order valence-corrected chi connectivity index (χ2v) is 5.14. The smallest absolute Gasteiger partial charge is 0.119 e. The molecule has 2 N–H and O–H groups in total. The van der Waals surface area contributed by atoms with Crippen LogP contribution >= 0.6 is 27.3 Å². The number of thiophene rings is 1. The van der Waals surface area contributed by atoms with Crippen LogP contribution in [0.15, 0.2) is 34.1 Å². The Bertz CT molecular complexity index is 511. The van der Waals surface area contributed by atoms with Gasteiger partial charge in [0.1, 0.15) is 11.5 Å². The molecule has 2 rings (SSSR count). The van der Waals surface area contributed by atoms with Crippen LogP contribution in [0.4, 0.5) is 0 Å². The molecule has 0 radical (unpaired) electrons. The van der Waals surface area contributed by atoms with E-state index >= 15 is 0 Å². The van der Waals surface area contributed by atoms with Crippen molar-refractivity contribution in [2.75, 3.05) is 0 Å². The van der Waals surface area contributed by atoms with Gasteiger partial charge < -0.3 is 10.2 Å². The third-order valence-electron chi connectivity index (χ3n) is 1.95. The predicted octanol–water partition coefficient (Wildman–Crippen LogP) is 4.09. The standard InChI is InChI=1S/C12H9BrO2S/c13-9-5-12(16-7-9)2-1-8-3-10(14)6-11(15)4-8/h1-7,14-15H. The van der Waals surface area contributed by atoms with Crippen molar-refractivity contribution in [3.8, 4) is 11.5 Å². The van der Waals surface area contributed by atoms with Crippen LogP contribution in [0.2, 0.25) is 0 Å². The van der Waals surface area contributed by atoms with Crippen LogP contribution in [-0.4, -0.2) is 10.2 Å². The summed E-state index contributed by atoms with van der Waals surface area (Å²) in [5, 5.41) is 20.6. The highest BCUT2D eigenvalue weighted by atomic mass is 79.9. The van der Waals surface area contributed by atoms with Crippen LogP contribution in [0.5, 0.6) is 11.5 Å². The molecule has 0 saturated carbocycles. The lowest BCUT2D eigenvalue weighted by molar-refractivity contribution is 0.450. The molecule has 1 heterocycles. The molecule has 2 aromatic rings. The van der Waals surface area contributed by atoms with Crippen molar-refractivity contribution in [3.05, 3.63) is 44.6 Å². The van der Waals surface area contributed by atoms with E-state index < -0.39 is 0 Å². The van der Waals surface area contributed by atoms with E-state index in [2.05, 4.69) is 15.9 Å². The quantitative estimate of drug-likeness (QED) is 0.876. The molecule has 0 atom stereocenters. The van der Waals surface area contributed by atoms with Gasteiger partial charge in [-0.1, -0.05) is 6.08 Å². The van der Waals surface area contributed by atoms with E-state index in [0.29, 0.717) is 0 Å². The molecule has 0 spiro atoms. The van der Waals surface area contributed by atoms with E-state index in [0.717, 1.165) is 14.9 Å². The van der Waals surface area contributed by atoms with Gasteiger partial charge in [-0.3, -0.25) is 0 Å². The van der Waals surface area contributed by atoms with Gasteiger partial charge in [-0.25, -0.2) is 0 Å². The summed E-state index contributed by atoms with van der Waals surface area (Å²) in [6, 6.07) is 6.50. The summed E-state index contributed by atoms with van der Waals surface area (Å²) in [4.78, 5) is 1.11. The van der Waals surface area contributed by atoms with E-state index in [4.69, 9.17) is 0 Å². The van der Waals surface area contributed by atoms with Gasteiger partial charge in [-0.15, -0.1) is 11.3 Å². The normalized spacial score (nSPS) is 11.1. The number of phenols is 2. The second-order valence-electron chi connectivity index (χ2n) is 3.28. The first-order chi connectivity index (χ1) is 7.63. The van der Waals surface area contributed by atoms with Gasteiger partial charge in [0.25, 0.3) is 0 Å². The molecule has 1 aromatic heterocycles. The highest BCUT2D eigenvalue weighted by Crippen LogP contribution is 2.24. The van der Waals surface area contributed by atoms with Crippen molar-refractivity contribution in [1.29, 1.82) is 0 Å². The van der Waals surface area contributed by atoms with Crippen LogP contribution < -0.4 is 0 Å². The van der Waals surface area contributed by atoms with E-state index in [9.17, 15) is 10.2 Å². The first-order valence-electron chi connectivity index (χ1n) is 4.58. The fraction of sp³-hybridized carbons (Fsp3) is 0. The number of halogens is 1. The molecule has 0 aliphatic rings. The van der Waals surface area contributed by atoms with Crippen molar-refractivity contribution < 1.29 is 10.2 Å². The number of aromatic hydroxyl groups is 2. The third-order valence-corrected chi connectivity index (χ3v) is 3.61. The predicted molar refractivity (Wildman–Crippen MR) is 70.7 cm³/mol. The van der Waals surface area contributed by atoms with Crippen LogP contribution in [-0.2, 0) is 0 Å². The molecule has 0 unspecified atom stereocenters. The zero-order valence-corrected chi connectivity index (χ0v) is 10.6. The maximum Gasteiger partial charge on any atom is 0.119 e. The molecule has 0 bridgehead atoms. The largest absolute Gasteiger partial charge is 0.508 e. The fourth-order valence-corrected chi connectivity index (χ4v) is 2.65. The van der Waals surface area contributed by atoms with Gasteiger partial charge in [0.05, 0.1) is 0 Å². The van der Waals surface area contributed by atoms with Crippen molar-refractivity contribution in [2.45, 2.75) is 0 Å². The molecule has 16 heavy (non-hydrogen) atoms. The third kappa shape index (κ3) is 2.87. The molecule has 82 valence electrons. The van der Waals surface area contributed by atoms with E-state index in [1.807, 2.05) is 23.6 Å². The van der Waals surface area contributed by atoms with Crippen molar-refractivity contribution in [2.24, 2.45) is 0 Å². The summed E-state index contributed by atoms with van der Waals surface area (Å²) in [5.74, 6) is 0.124. The number of phenolic OH excluding ortho intramolecular Hbond substituents is 2. The van der Waals surface area contributed by atoms with Crippen molar-refractivity contribution in [1.82, 2.24) is 0 Å². The van der Waals surface area contributed by atoms with Gasteiger partial charge >= 0.3 is 0 Å². The monoisotopic (exact) mass is 296 g/mol. The SMILES string of the molecule is Oc1cc(O)cc(C=Cc2cc(Br)cs2)c1. The van der Waals surface area contributed by atoms with Gasteiger partial charge in [0.15, 0.2) is 0 Å². The average Bonchev–Trinajstić information content (AvgIpc) is 2.60. The summed E-state index contributed by atoms with van der Waals surface area (Å²) in [5.41, 5.74) is 0.766. The molecule has 0 fully saturated rings. The summed E-state index contributed by atoms with van der Waals surface area (Å²) in [6.45, 7) is 0. The zero-order valence-electron chi connectivity index (χ0n) is 8.22. The Kier molecular flexibility index (Phi) is 3.31. The molecule has 0 aliphatic heterocycles. The Labute approximate surface area is 106 Å². The van der Waals surface area contributed by atoms with E-state index in [1.165, 1.54) is 6.07 Å². The van der Waals surface area contributed by atoms with Gasteiger partial charge in [0.2, 0.25) is 0 Å². The van der Waals surface area contributed by atoms with Crippen molar-refractivity contribution >= 4 is 39.4 Å². The number of benzene rings is 1. The van der Waals surface area contributed by atoms with Crippen LogP contribution in [0.25, 0.3) is 12.2 Å². The Morgan fingerprint density at radius 3 is 2.25 bits per heavy atom. The second kappa shape index (κ2) is 4.72. The molecular formula is C12H9BrO2S. The van der Waals surface area contributed by atoms with Crippen LogP contribution in [0.3, 0.4) is 0 Å². The minimum absolute atomic E-state index is 0.0620. The highest BCUT2D eigenvalue weighted by molar-refractivity contribution is 9.10. The maximum atomic E-state index is 9.30. The molecule has 0 amide bonds. The van der Waals surface area contributed by atoms with Gasteiger partial charge in [-0.05, 0) is 45.8 Å². The van der Waals surface area contributed by atoms with Crippen LogP contribution in [0, 0.1) is 0 Å². The first kappa shape index (κ1) is 11.2. The topological polar surface area (TPSA) is 40.5 Å². The molecule has 4 heteroatoms. The van der Waals surface area contributed by atoms with Gasteiger partial charge in [-0.2, -0.15) is 0 Å².